The Balaban J connectivity index is 3.09. The second-order valence-electron chi connectivity index (χ2n) is 2.93. The van der Waals surface area contributed by atoms with Gasteiger partial charge < -0.3 is 10.5 Å². The standard InChI is InChI=1S/C11H10FNO2/c1-7-5-9(12)8(6-10(7)13)3-4-11(14)15-2/h5-6H,13H2,1-2H3. The average molecular weight is 207 g/mol. The van der Waals surface area contributed by atoms with Crippen LogP contribution >= 0.6 is 0 Å². The van der Waals surface area contributed by atoms with Crippen LogP contribution in [0.5, 0.6) is 0 Å². The lowest BCUT2D eigenvalue weighted by Crippen LogP contribution is -1.97. The predicted octanol–water partition coefficient (Wildman–Crippen LogP) is 1.24. The lowest BCUT2D eigenvalue weighted by Gasteiger charge is -2.01. The average Bonchev–Trinajstić information content (AvgIpc) is 2.21. The molecule has 4 heteroatoms. The summed E-state index contributed by atoms with van der Waals surface area (Å²) >= 11 is 0. The van der Waals surface area contributed by atoms with Crippen LogP contribution in [0.3, 0.4) is 0 Å². The fraction of sp³-hybridized carbons (Fsp3) is 0.182. The minimum atomic E-state index is -0.714. The van der Waals surface area contributed by atoms with E-state index in [0.29, 0.717) is 11.3 Å². The van der Waals surface area contributed by atoms with E-state index in [0.717, 1.165) is 0 Å². The monoisotopic (exact) mass is 207 g/mol. The Kier molecular flexibility index (Phi) is 3.29. The summed E-state index contributed by atoms with van der Waals surface area (Å²) in [7, 11) is 1.21. The normalized spacial score (nSPS) is 9.00. The fourth-order valence-electron chi connectivity index (χ4n) is 0.955. The highest BCUT2D eigenvalue weighted by molar-refractivity contribution is 5.89. The molecule has 0 unspecified atom stereocenters. The van der Waals surface area contributed by atoms with Crippen LogP contribution in [0.2, 0.25) is 0 Å². The number of hydrogen-bond donors (Lipinski definition) is 1. The summed E-state index contributed by atoms with van der Waals surface area (Å²) < 4.78 is 17.6. The molecule has 1 aromatic rings. The lowest BCUT2D eigenvalue weighted by molar-refractivity contribution is -0.133. The third kappa shape index (κ3) is 2.71. The molecule has 15 heavy (non-hydrogen) atoms. The first-order valence-corrected chi connectivity index (χ1v) is 4.20. The van der Waals surface area contributed by atoms with Crippen molar-refractivity contribution in [2.24, 2.45) is 0 Å². The van der Waals surface area contributed by atoms with Gasteiger partial charge in [-0.15, -0.1) is 0 Å². The molecule has 0 spiro atoms. The molecule has 3 nitrogen and oxygen atoms in total. The zero-order valence-corrected chi connectivity index (χ0v) is 8.43. The van der Waals surface area contributed by atoms with E-state index < -0.39 is 11.8 Å². The van der Waals surface area contributed by atoms with Gasteiger partial charge in [0.15, 0.2) is 0 Å². The highest BCUT2D eigenvalue weighted by atomic mass is 19.1. The Hall–Kier alpha value is -2.02. The first-order chi connectivity index (χ1) is 7.04. The van der Waals surface area contributed by atoms with Gasteiger partial charge in [-0.3, -0.25) is 0 Å². The molecule has 2 N–H and O–H groups in total. The Bertz CT molecular complexity index is 458. The summed E-state index contributed by atoms with van der Waals surface area (Å²) in [4.78, 5) is 10.7. The van der Waals surface area contributed by atoms with Gasteiger partial charge in [-0.1, -0.05) is 5.92 Å². The third-order valence-electron chi connectivity index (χ3n) is 1.84. The molecule has 1 aromatic carbocycles. The number of halogens is 1. The molecule has 0 fully saturated rings. The summed E-state index contributed by atoms with van der Waals surface area (Å²) in [6.45, 7) is 1.69. The zero-order valence-electron chi connectivity index (χ0n) is 8.43. The highest BCUT2D eigenvalue weighted by Crippen LogP contribution is 2.16. The van der Waals surface area contributed by atoms with Crippen LogP contribution in [0, 0.1) is 24.6 Å². The number of nitrogen functional groups attached to an aromatic ring is 1. The molecule has 0 radical (unpaired) electrons. The van der Waals surface area contributed by atoms with Gasteiger partial charge in [-0.05, 0) is 24.6 Å². The number of anilines is 1. The molecule has 0 amide bonds. The van der Waals surface area contributed by atoms with Crippen molar-refractivity contribution in [3.05, 3.63) is 29.1 Å². The van der Waals surface area contributed by atoms with Crippen molar-refractivity contribution in [2.75, 3.05) is 12.8 Å². The van der Waals surface area contributed by atoms with Crippen LogP contribution in [0.1, 0.15) is 11.1 Å². The summed E-state index contributed by atoms with van der Waals surface area (Å²) in [5.74, 6) is 3.27. The van der Waals surface area contributed by atoms with Gasteiger partial charge in [0.2, 0.25) is 0 Å². The van der Waals surface area contributed by atoms with E-state index >= 15 is 0 Å². The van der Waals surface area contributed by atoms with Crippen molar-refractivity contribution in [3.8, 4) is 11.8 Å². The van der Waals surface area contributed by atoms with Gasteiger partial charge in [0, 0.05) is 11.6 Å². The van der Waals surface area contributed by atoms with E-state index in [1.807, 2.05) is 0 Å². The van der Waals surface area contributed by atoms with Crippen molar-refractivity contribution >= 4 is 11.7 Å². The molecule has 0 bridgehead atoms. The van der Waals surface area contributed by atoms with Gasteiger partial charge in [0.1, 0.15) is 5.82 Å². The maximum absolute atomic E-state index is 13.3. The summed E-state index contributed by atoms with van der Waals surface area (Å²) in [5, 5.41) is 0. The number of nitrogens with two attached hydrogens (primary N) is 1. The number of aryl methyl sites for hydroxylation is 1. The fourth-order valence-corrected chi connectivity index (χ4v) is 0.955. The van der Waals surface area contributed by atoms with E-state index in [4.69, 9.17) is 5.73 Å². The van der Waals surface area contributed by atoms with Gasteiger partial charge in [-0.2, -0.15) is 0 Å². The zero-order chi connectivity index (χ0) is 11.4. The Labute approximate surface area is 87.0 Å². The van der Waals surface area contributed by atoms with Crippen LogP contribution in [0.25, 0.3) is 0 Å². The van der Waals surface area contributed by atoms with E-state index in [-0.39, 0.29) is 5.56 Å². The molecule has 0 atom stereocenters. The Morgan fingerprint density at radius 1 is 1.53 bits per heavy atom. The summed E-state index contributed by atoms with van der Waals surface area (Å²) in [6, 6.07) is 2.66. The van der Waals surface area contributed by atoms with Crippen molar-refractivity contribution in [2.45, 2.75) is 6.92 Å². The number of carbonyl (C=O) groups excluding carboxylic acids is 1. The van der Waals surface area contributed by atoms with Crippen molar-refractivity contribution < 1.29 is 13.9 Å². The van der Waals surface area contributed by atoms with Gasteiger partial charge in [0.25, 0.3) is 0 Å². The quantitative estimate of drug-likeness (QED) is 0.395. The minimum Gasteiger partial charge on any atom is -0.459 e. The second-order valence-corrected chi connectivity index (χ2v) is 2.93. The molecule has 0 aliphatic heterocycles. The van der Waals surface area contributed by atoms with Gasteiger partial charge in [-0.25, -0.2) is 9.18 Å². The molecule has 78 valence electrons. The number of carbonyl (C=O) groups is 1. The third-order valence-corrected chi connectivity index (χ3v) is 1.84. The molecule has 0 aliphatic rings. The smallest absolute Gasteiger partial charge is 0.384 e. The molecule has 0 saturated carbocycles. The number of ether oxygens (including phenoxy) is 1. The number of esters is 1. The first kappa shape index (κ1) is 11.1. The molecular formula is C11H10FNO2. The molecule has 0 aromatic heterocycles. The first-order valence-electron chi connectivity index (χ1n) is 4.20. The SMILES string of the molecule is COC(=O)C#Cc1cc(N)c(C)cc1F. The van der Waals surface area contributed by atoms with Crippen molar-refractivity contribution in [3.63, 3.8) is 0 Å². The lowest BCUT2D eigenvalue weighted by atomic mass is 10.1. The van der Waals surface area contributed by atoms with Crippen LogP contribution in [-0.2, 0) is 9.53 Å². The minimum absolute atomic E-state index is 0.0866. The molecule has 1 rings (SSSR count). The Morgan fingerprint density at radius 3 is 2.80 bits per heavy atom. The van der Waals surface area contributed by atoms with Gasteiger partial charge in [0.05, 0.1) is 12.7 Å². The molecule has 0 heterocycles. The van der Waals surface area contributed by atoms with Crippen LogP contribution in [0.4, 0.5) is 10.1 Å². The maximum atomic E-state index is 13.3. The molecule has 0 aliphatic carbocycles. The van der Waals surface area contributed by atoms with Crippen LogP contribution < -0.4 is 5.73 Å². The summed E-state index contributed by atoms with van der Waals surface area (Å²) in [5.41, 5.74) is 6.74. The number of rotatable bonds is 0. The van der Waals surface area contributed by atoms with E-state index in [1.165, 1.54) is 19.2 Å². The number of benzene rings is 1. The maximum Gasteiger partial charge on any atom is 0.384 e. The number of hydrogen-bond acceptors (Lipinski definition) is 3. The van der Waals surface area contributed by atoms with Crippen LogP contribution in [-0.4, -0.2) is 13.1 Å². The predicted molar refractivity (Wildman–Crippen MR) is 54.4 cm³/mol. The van der Waals surface area contributed by atoms with Crippen molar-refractivity contribution in [1.29, 1.82) is 0 Å². The highest BCUT2D eigenvalue weighted by Gasteiger charge is 2.03. The largest absolute Gasteiger partial charge is 0.459 e. The molecular weight excluding hydrogens is 197 g/mol. The van der Waals surface area contributed by atoms with E-state index in [2.05, 4.69) is 16.6 Å². The van der Waals surface area contributed by atoms with E-state index in [9.17, 15) is 9.18 Å². The van der Waals surface area contributed by atoms with Crippen molar-refractivity contribution in [1.82, 2.24) is 0 Å². The van der Waals surface area contributed by atoms with Gasteiger partial charge >= 0.3 is 5.97 Å². The topological polar surface area (TPSA) is 52.3 Å². The number of methoxy groups -OCH3 is 1. The van der Waals surface area contributed by atoms with Crippen LogP contribution in [0.15, 0.2) is 12.1 Å². The Morgan fingerprint density at radius 2 is 2.20 bits per heavy atom. The second kappa shape index (κ2) is 4.47. The summed E-state index contributed by atoms with van der Waals surface area (Å²) in [6.07, 6.45) is 0. The van der Waals surface area contributed by atoms with E-state index in [1.54, 1.807) is 6.92 Å². The molecule has 0 saturated heterocycles.